The first-order valence-electron chi connectivity index (χ1n) is 7.86. The second-order valence-corrected chi connectivity index (χ2v) is 5.94. The van der Waals surface area contributed by atoms with E-state index < -0.39 is 0 Å². The molecule has 1 atom stereocenters. The van der Waals surface area contributed by atoms with Crippen LogP contribution >= 0.6 is 0 Å². The van der Waals surface area contributed by atoms with E-state index in [1.165, 1.54) is 11.3 Å². The van der Waals surface area contributed by atoms with Gasteiger partial charge in [0.15, 0.2) is 0 Å². The zero-order valence-corrected chi connectivity index (χ0v) is 13.2. The maximum Gasteiger partial charge on any atom is 0.220 e. The van der Waals surface area contributed by atoms with Crippen molar-refractivity contribution in [1.29, 1.82) is 0 Å². The third-order valence-corrected chi connectivity index (χ3v) is 4.34. The monoisotopic (exact) mass is 298 g/mol. The molecule has 5 heteroatoms. The first kappa shape index (κ1) is 14.8. The van der Waals surface area contributed by atoms with E-state index in [2.05, 4.69) is 15.4 Å². The zero-order chi connectivity index (χ0) is 15.5. The highest BCUT2D eigenvalue weighted by Crippen LogP contribution is 2.31. The standard InChI is InChI=1S/C17H22N4O/c1-12-17-14(6-3-7-15(17)21(2)20-12)19-16(22)9-8-13-5-4-10-18-11-13/h4-5,10-11,14H,3,6-9H2,1-2H3,(H,19,22). The van der Waals surface area contributed by atoms with Gasteiger partial charge in [-0.1, -0.05) is 6.07 Å². The summed E-state index contributed by atoms with van der Waals surface area (Å²) in [6, 6.07) is 4.02. The van der Waals surface area contributed by atoms with Crippen LogP contribution in [-0.4, -0.2) is 20.7 Å². The third-order valence-electron chi connectivity index (χ3n) is 4.34. The van der Waals surface area contributed by atoms with Crippen LogP contribution in [0.15, 0.2) is 24.5 Å². The number of pyridine rings is 1. The minimum absolute atomic E-state index is 0.102. The number of carbonyl (C=O) groups is 1. The highest BCUT2D eigenvalue weighted by atomic mass is 16.1. The lowest BCUT2D eigenvalue weighted by molar-refractivity contribution is -0.121. The normalized spacial score (nSPS) is 17.1. The Kier molecular flexibility index (Phi) is 4.22. The Hall–Kier alpha value is -2.17. The Morgan fingerprint density at radius 1 is 1.50 bits per heavy atom. The summed E-state index contributed by atoms with van der Waals surface area (Å²) in [7, 11) is 1.98. The average Bonchev–Trinajstić information content (AvgIpc) is 2.82. The van der Waals surface area contributed by atoms with Crippen LogP contribution in [0.3, 0.4) is 0 Å². The molecule has 0 aromatic carbocycles. The summed E-state index contributed by atoms with van der Waals surface area (Å²) >= 11 is 0. The third kappa shape index (κ3) is 3.03. The summed E-state index contributed by atoms with van der Waals surface area (Å²) in [5, 5.41) is 7.69. The molecule has 0 radical (unpaired) electrons. The molecule has 5 nitrogen and oxygen atoms in total. The van der Waals surface area contributed by atoms with E-state index in [9.17, 15) is 4.79 Å². The van der Waals surface area contributed by atoms with Gasteiger partial charge in [-0.15, -0.1) is 0 Å². The predicted molar refractivity (Wildman–Crippen MR) is 84.3 cm³/mol. The van der Waals surface area contributed by atoms with E-state index in [0.717, 1.165) is 36.9 Å². The number of carbonyl (C=O) groups excluding carboxylic acids is 1. The molecule has 2 aromatic heterocycles. The van der Waals surface area contributed by atoms with Gasteiger partial charge in [0, 0.05) is 37.1 Å². The van der Waals surface area contributed by atoms with Crippen molar-refractivity contribution in [2.24, 2.45) is 7.05 Å². The van der Waals surface area contributed by atoms with Crippen LogP contribution in [0.2, 0.25) is 0 Å². The van der Waals surface area contributed by atoms with Crippen LogP contribution in [-0.2, 0) is 24.7 Å². The summed E-state index contributed by atoms with van der Waals surface area (Å²) in [5.41, 5.74) is 4.62. The molecule has 0 fully saturated rings. The van der Waals surface area contributed by atoms with Crippen LogP contribution in [0, 0.1) is 6.92 Å². The van der Waals surface area contributed by atoms with E-state index in [-0.39, 0.29) is 11.9 Å². The molecule has 2 aromatic rings. The number of fused-ring (bicyclic) bond motifs is 1. The molecule has 0 bridgehead atoms. The highest BCUT2D eigenvalue weighted by molar-refractivity contribution is 5.76. The van der Waals surface area contributed by atoms with E-state index in [0.29, 0.717) is 6.42 Å². The zero-order valence-electron chi connectivity index (χ0n) is 13.2. The SMILES string of the molecule is Cc1nn(C)c2c1C(NC(=O)CCc1cccnc1)CCC2. The largest absolute Gasteiger partial charge is 0.349 e. The molecular weight excluding hydrogens is 276 g/mol. The fourth-order valence-corrected chi connectivity index (χ4v) is 3.30. The molecule has 1 aliphatic carbocycles. The van der Waals surface area contributed by atoms with Crippen molar-refractivity contribution in [3.05, 3.63) is 47.0 Å². The van der Waals surface area contributed by atoms with E-state index in [4.69, 9.17) is 0 Å². The fraction of sp³-hybridized carbons (Fsp3) is 0.471. The summed E-state index contributed by atoms with van der Waals surface area (Å²) in [6.07, 6.45) is 7.93. The van der Waals surface area contributed by atoms with Crippen molar-refractivity contribution < 1.29 is 4.79 Å². The smallest absolute Gasteiger partial charge is 0.220 e. The van der Waals surface area contributed by atoms with E-state index in [1.807, 2.05) is 37.0 Å². The second kappa shape index (κ2) is 6.30. The molecule has 1 N–H and O–H groups in total. The van der Waals surface area contributed by atoms with Gasteiger partial charge in [-0.2, -0.15) is 5.10 Å². The predicted octanol–water partition coefficient (Wildman–Crippen LogP) is 2.25. The molecule has 22 heavy (non-hydrogen) atoms. The van der Waals surface area contributed by atoms with Gasteiger partial charge in [-0.25, -0.2) is 0 Å². The molecule has 3 rings (SSSR count). The molecule has 0 saturated carbocycles. The Bertz CT molecular complexity index is 663. The topological polar surface area (TPSA) is 59.8 Å². The summed E-state index contributed by atoms with van der Waals surface area (Å²) in [6.45, 7) is 2.03. The van der Waals surface area contributed by atoms with Gasteiger partial charge in [0.1, 0.15) is 0 Å². The van der Waals surface area contributed by atoms with Gasteiger partial charge in [-0.05, 0) is 44.2 Å². The van der Waals surface area contributed by atoms with Crippen LogP contribution in [0.1, 0.15) is 47.8 Å². The summed E-state index contributed by atoms with van der Waals surface area (Å²) in [5.74, 6) is 0.102. The number of aromatic nitrogens is 3. The number of nitrogens with zero attached hydrogens (tertiary/aromatic N) is 3. The average molecular weight is 298 g/mol. The number of amides is 1. The number of aryl methyl sites for hydroxylation is 3. The van der Waals surface area contributed by atoms with Gasteiger partial charge in [0.25, 0.3) is 0 Å². The maximum absolute atomic E-state index is 12.3. The summed E-state index contributed by atoms with van der Waals surface area (Å²) < 4.78 is 1.96. The Morgan fingerprint density at radius 3 is 3.14 bits per heavy atom. The Balaban J connectivity index is 1.63. The van der Waals surface area contributed by atoms with Crippen molar-refractivity contribution >= 4 is 5.91 Å². The summed E-state index contributed by atoms with van der Waals surface area (Å²) in [4.78, 5) is 16.3. The maximum atomic E-state index is 12.3. The second-order valence-electron chi connectivity index (χ2n) is 5.94. The van der Waals surface area contributed by atoms with E-state index in [1.54, 1.807) is 6.20 Å². The molecule has 1 unspecified atom stereocenters. The Morgan fingerprint density at radius 2 is 2.36 bits per heavy atom. The van der Waals surface area contributed by atoms with Crippen LogP contribution in [0.25, 0.3) is 0 Å². The molecule has 1 amide bonds. The Labute approximate surface area is 130 Å². The van der Waals surface area contributed by atoms with Crippen LogP contribution < -0.4 is 5.32 Å². The number of rotatable bonds is 4. The molecule has 0 aliphatic heterocycles. The van der Waals surface area contributed by atoms with Crippen molar-refractivity contribution in [2.45, 2.75) is 45.1 Å². The number of hydrogen-bond donors (Lipinski definition) is 1. The van der Waals surface area contributed by atoms with Crippen molar-refractivity contribution in [3.8, 4) is 0 Å². The lowest BCUT2D eigenvalue weighted by Crippen LogP contribution is -2.31. The van der Waals surface area contributed by atoms with Gasteiger partial charge >= 0.3 is 0 Å². The van der Waals surface area contributed by atoms with Gasteiger partial charge in [0.05, 0.1) is 11.7 Å². The van der Waals surface area contributed by atoms with Crippen LogP contribution in [0.4, 0.5) is 0 Å². The van der Waals surface area contributed by atoms with E-state index >= 15 is 0 Å². The van der Waals surface area contributed by atoms with Gasteiger partial charge < -0.3 is 5.32 Å². The molecular formula is C17H22N4O. The number of nitrogens with one attached hydrogen (secondary N) is 1. The highest BCUT2D eigenvalue weighted by Gasteiger charge is 2.27. The first-order chi connectivity index (χ1) is 10.6. The van der Waals surface area contributed by atoms with Gasteiger partial charge in [-0.3, -0.25) is 14.5 Å². The molecule has 2 heterocycles. The lowest BCUT2D eigenvalue weighted by Gasteiger charge is -2.24. The molecule has 0 saturated heterocycles. The minimum Gasteiger partial charge on any atom is -0.349 e. The molecule has 0 spiro atoms. The van der Waals surface area contributed by atoms with Crippen molar-refractivity contribution in [1.82, 2.24) is 20.1 Å². The minimum atomic E-state index is 0.102. The van der Waals surface area contributed by atoms with Crippen molar-refractivity contribution in [3.63, 3.8) is 0 Å². The number of hydrogen-bond acceptors (Lipinski definition) is 3. The fourth-order valence-electron chi connectivity index (χ4n) is 3.30. The first-order valence-corrected chi connectivity index (χ1v) is 7.86. The van der Waals surface area contributed by atoms with Crippen LogP contribution in [0.5, 0.6) is 0 Å². The molecule has 116 valence electrons. The molecule has 1 aliphatic rings. The quantitative estimate of drug-likeness (QED) is 0.942. The lowest BCUT2D eigenvalue weighted by atomic mass is 9.91. The van der Waals surface area contributed by atoms with Crippen molar-refractivity contribution in [2.75, 3.05) is 0 Å². The van der Waals surface area contributed by atoms with Gasteiger partial charge in [0.2, 0.25) is 5.91 Å².